The maximum Gasteiger partial charge on any atom is 0.270 e. The Hall–Kier alpha value is -3.47. The molecule has 128 valence electrons. The van der Waals surface area contributed by atoms with E-state index in [1.807, 2.05) is 49.4 Å². The van der Waals surface area contributed by atoms with Crippen molar-refractivity contribution in [2.45, 2.75) is 13.5 Å². The number of benzene rings is 2. The Morgan fingerprint density at radius 2 is 1.88 bits per heavy atom. The van der Waals surface area contributed by atoms with E-state index in [2.05, 4.69) is 4.98 Å². The van der Waals surface area contributed by atoms with E-state index in [0.717, 1.165) is 39.3 Å². The van der Waals surface area contributed by atoms with Crippen molar-refractivity contribution in [2.75, 3.05) is 0 Å². The highest BCUT2D eigenvalue weighted by atomic mass is 16.6. The number of ether oxygens (including phenoxy) is 1. The number of hydrogen-bond donors (Lipinski definition) is 0. The number of non-ortho nitro benzene ring substituents is 1. The van der Waals surface area contributed by atoms with Crippen LogP contribution in [0.15, 0.2) is 66.9 Å². The minimum absolute atomic E-state index is 0.0759. The largest absolute Gasteiger partial charge is 0.487 e. The summed E-state index contributed by atoms with van der Waals surface area (Å²) in [6.07, 6.45) is 1.75. The van der Waals surface area contributed by atoms with Crippen molar-refractivity contribution in [2.24, 2.45) is 0 Å². The summed E-state index contributed by atoms with van der Waals surface area (Å²) in [5.74, 6) is 0.783. The molecule has 0 saturated carbocycles. The van der Waals surface area contributed by atoms with Crippen molar-refractivity contribution in [3.8, 4) is 5.75 Å². The molecule has 1 aliphatic rings. The van der Waals surface area contributed by atoms with Gasteiger partial charge in [0.05, 0.1) is 10.6 Å². The average molecular weight is 344 g/mol. The lowest BCUT2D eigenvalue weighted by Crippen LogP contribution is -1.99. The molecule has 0 N–H and O–H groups in total. The van der Waals surface area contributed by atoms with Gasteiger partial charge in [0.1, 0.15) is 12.4 Å². The van der Waals surface area contributed by atoms with E-state index in [0.29, 0.717) is 6.61 Å². The van der Waals surface area contributed by atoms with Gasteiger partial charge in [-0.25, -0.2) is 0 Å². The molecule has 0 radical (unpaired) electrons. The zero-order valence-corrected chi connectivity index (χ0v) is 14.2. The normalized spacial score (nSPS) is 14.5. The molecule has 0 amide bonds. The van der Waals surface area contributed by atoms with E-state index in [1.54, 1.807) is 18.3 Å². The van der Waals surface area contributed by atoms with E-state index >= 15 is 0 Å². The zero-order valence-electron chi connectivity index (χ0n) is 14.2. The summed E-state index contributed by atoms with van der Waals surface area (Å²) in [6, 6.07) is 18.5. The highest BCUT2D eigenvalue weighted by Crippen LogP contribution is 2.40. The van der Waals surface area contributed by atoms with Crippen molar-refractivity contribution in [1.82, 2.24) is 4.98 Å². The van der Waals surface area contributed by atoms with Crippen molar-refractivity contribution in [3.63, 3.8) is 0 Å². The molecule has 0 saturated heterocycles. The van der Waals surface area contributed by atoms with E-state index in [1.165, 1.54) is 6.07 Å². The summed E-state index contributed by atoms with van der Waals surface area (Å²) in [4.78, 5) is 15.3. The predicted molar refractivity (Wildman–Crippen MR) is 99.7 cm³/mol. The Kier molecular flexibility index (Phi) is 3.97. The molecule has 0 unspecified atom stereocenters. The van der Waals surface area contributed by atoms with Gasteiger partial charge in [0.15, 0.2) is 0 Å². The number of nitro benzene ring substituents is 1. The Labute approximate surface area is 150 Å². The number of nitro groups is 1. The third-order valence-corrected chi connectivity index (χ3v) is 4.55. The summed E-state index contributed by atoms with van der Waals surface area (Å²) in [5, 5.41) is 11.2. The molecule has 4 rings (SSSR count). The van der Waals surface area contributed by atoms with Crippen LogP contribution in [-0.2, 0) is 6.61 Å². The van der Waals surface area contributed by atoms with Crippen LogP contribution in [-0.4, -0.2) is 9.91 Å². The summed E-state index contributed by atoms with van der Waals surface area (Å²) in [7, 11) is 0. The number of para-hydroxylation sites is 1. The fourth-order valence-electron chi connectivity index (χ4n) is 3.27. The molecule has 0 bridgehead atoms. The number of pyridine rings is 1. The lowest BCUT2D eigenvalue weighted by atomic mass is 9.89. The van der Waals surface area contributed by atoms with E-state index in [4.69, 9.17) is 4.74 Å². The average Bonchev–Trinajstić information content (AvgIpc) is 2.84. The van der Waals surface area contributed by atoms with Gasteiger partial charge in [-0.05, 0) is 35.8 Å². The van der Waals surface area contributed by atoms with Crippen molar-refractivity contribution in [3.05, 3.63) is 99.4 Å². The molecular formula is C21H16N2O3. The highest BCUT2D eigenvalue weighted by molar-refractivity contribution is 6.00. The van der Waals surface area contributed by atoms with Gasteiger partial charge < -0.3 is 4.74 Å². The molecule has 5 heteroatoms. The molecule has 1 aromatic heterocycles. The van der Waals surface area contributed by atoms with Gasteiger partial charge >= 0.3 is 0 Å². The fourth-order valence-corrected chi connectivity index (χ4v) is 3.27. The Morgan fingerprint density at radius 3 is 2.73 bits per heavy atom. The Bertz CT molecular complexity index is 991. The van der Waals surface area contributed by atoms with Crippen LogP contribution in [0.3, 0.4) is 0 Å². The van der Waals surface area contributed by atoms with Gasteiger partial charge in [-0.3, -0.25) is 15.1 Å². The monoisotopic (exact) mass is 344 g/mol. The van der Waals surface area contributed by atoms with Crippen LogP contribution >= 0.6 is 0 Å². The second-order valence-corrected chi connectivity index (χ2v) is 6.09. The second kappa shape index (κ2) is 6.44. The molecule has 0 atom stereocenters. The van der Waals surface area contributed by atoms with Crippen LogP contribution in [0.5, 0.6) is 5.75 Å². The number of aromatic nitrogens is 1. The quantitative estimate of drug-likeness (QED) is 0.492. The maximum absolute atomic E-state index is 11.2. The minimum Gasteiger partial charge on any atom is -0.487 e. The van der Waals surface area contributed by atoms with Gasteiger partial charge in [-0.15, -0.1) is 0 Å². The molecule has 0 fully saturated rings. The van der Waals surface area contributed by atoms with Crippen molar-refractivity contribution in [1.29, 1.82) is 0 Å². The first-order valence-electron chi connectivity index (χ1n) is 8.27. The molecule has 2 aromatic carbocycles. The van der Waals surface area contributed by atoms with Gasteiger partial charge in [-0.1, -0.05) is 36.4 Å². The van der Waals surface area contributed by atoms with Crippen molar-refractivity contribution >= 4 is 16.8 Å². The van der Waals surface area contributed by atoms with E-state index in [-0.39, 0.29) is 10.6 Å². The molecule has 2 heterocycles. The van der Waals surface area contributed by atoms with Crippen LogP contribution in [0.4, 0.5) is 5.69 Å². The first-order chi connectivity index (χ1) is 12.6. The predicted octanol–water partition coefficient (Wildman–Crippen LogP) is 4.86. The number of rotatable bonds is 2. The lowest BCUT2D eigenvalue weighted by Gasteiger charge is -2.14. The van der Waals surface area contributed by atoms with Gasteiger partial charge in [0.25, 0.3) is 5.69 Å². The molecule has 1 aliphatic heterocycles. The topological polar surface area (TPSA) is 65.3 Å². The molecule has 0 aliphatic carbocycles. The highest BCUT2D eigenvalue weighted by Gasteiger charge is 2.22. The summed E-state index contributed by atoms with van der Waals surface area (Å²) in [6.45, 7) is 2.37. The van der Waals surface area contributed by atoms with Gasteiger partial charge in [0, 0.05) is 29.5 Å². The third-order valence-electron chi connectivity index (χ3n) is 4.55. The molecule has 26 heavy (non-hydrogen) atoms. The number of fused-ring (bicyclic) bond motifs is 2. The van der Waals surface area contributed by atoms with Gasteiger partial charge in [-0.2, -0.15) is 0 Å². The number of nitrogens with zero attached hydrogens (tertiary/aromatic N) is 2. The smallest absolute Gasteiger partial charge is 0.270 e. The standard InChI is InChI=1S/C21H16N2O3/c1-14(15-6-4-7-16(12-15)23(24)25)21-17-9-5-11-22-19(17)13-26-20-10-3-2-8-18(20)21/h2-12H,13H2,1H3/b21-14+. The summed E-state index contributed by atoms with van der Waals surface area (Å²) in [5.41, 5.74) is 5.61. The Balaban J connectivity index is 2.01. The first kappa shape index (κ1) is 16.0. The molecular weight excluding hydrogens is 328 g/mol. The maximum atomic E-state index is 11.2. The Morgan fingerprint density at radius 1 is 1.08 bits per heavy atom. The number of hydrogen-bond acceptors (Lipinski definition) is 4. The van der Waals surface area contributed by atoms with Crippen LogP contribution in [0.2, 0.25) is 0 Å². The summed E-state index contributed by atoms with van der Waals surface area (Å²) >= 11 is 0. The fraction of sp³-hybridized carbons (Fsp3) is 0.0952. The third kappa shape index (κ3) is 2.73. The number of allylic oxidation sites excluding steroid dienone is 1. The molecule has 5 nitrogen and oxygen atoms in total. The van der Waals surface area contributed by atoms with Crippen LogP contribution in [0.25, 0.3) is 11.1 Å². The van der Waals surface area contributed by atoms with Crippen LogP contribution < -0.4 is 4.74 Å². The van der Waals surface area contributed by atoms with E-state index in [9.17, 15) is 10.1 Å². The van der Waals surface area contributed by atoms with E-state index < -0.39 is 0 Å². The van der Waals surface area contributed by atoms with Crippen LogP contribution in [0.1, 0.15) is 29.3 Å². The van der Waals surface area contributed by atoms with Gasteiger partial charge in [0.2, 0.25) is 0 Å². The van der Waals surface area contributed by atoms with Crippen LogP contribution in [0, 0.1) is 10.1 Å². The zero-order chi connectivity index (χ0) is 18.1. The molecule has 3 aromatic rings. The molecule has 0 spiro atoms. The first-order valence-corrected chi connectivity index (χ1v) is 8.27. The summed E-state index contributed by atoms with van der Waals surface area (Å²) < 4.78 is 5.95. The van der Waals surface area contributed by atoms with Crippen molar-refractivity contribution < 1.29 is 9.66 Å². The SMILES string of the molecule is C/C(=C1\c2ccccc2OCc2ncccc21)c1cccc([N+](=O)[O-])c1. The minimum atomic E-state index is -0.374. The lowest BCUT2D eigenvalue weighted by molar-refractivity contribution is -0.384. The second-order valence-electron chi connectivity index (χ2n) is 6.09.